The first-order valence-electron chi connectivity index (χ1n) is 10.9. The highest BCUT2D eigenvalue weighted by Crippen LogP contribution is 2.28. The summed E-state index contributed by atoms with van der Waals surface area (Å²) in [6, 6.07) is 10.6. The molecule has 6 nitrogen and oxygen atoms in total. The van der Waals surface area contributed by atoms with Gasteiger partial charge in [-0.05, 0) is 68.1 Å². The Bertz CT molecular complexity index is 1100. The Morgan fingerprint density at radius 1 is 1.00 bits per heavy atom. The minimum Gasteiger partial charge on any atom is -0.368 e. The molecule has 8 heteroatoms. The second-order valence-corrected chi connectivity index (χ2v) is 10.8. The molecule has 1 atom stereocenters. The normalized spacial score (nSPS) is 15.6. The molecule has 1 aliphatic heterocycles. The molecule has 0 radical (unpaired) electrons. The van der Waals surface area contributed by atoms with Crippen LogP contribution in [0.3, 0.4) is 0 Å². The van der Waals surface area contributed by atoms with E-state index < -0.39 is 16.1 Å². The van der Waals surface area contributed by atoms with Gasteiger partial charge in [0.15, 0.2) is 0 Å². The fraction of sp³-hybridized carbons (Fsp3) is 0.458. The molecule has 32 heavy (non-hydrogen) atoms. The van der Waals surface area contributed by atoms with Crippen LogP contribution in [0.2, 0.25) is 5.02 Å². The Morgan fingerprint density at radius 2 is 1.62 bits per heavy atom. The van der Waals surface area contributed by atoms with Crippen molar-refractivity contribution < 1.29 is 13.2 Å². The SMILES string of the molecule is CC[C@H](C(=O)N1CCN(c2cc(Cl)ccc2C)CC1)N(c1ccc(C)c(C)c1)S(C)(=O)=O. The number of benzene rings is 2. The maximum Gasteiger partial charge on any atom is 0.246 e. The van der Waals surface area contributed by atoms with Crippen LogP contribution >= 0.6 is 11.6 Å². The summed E-state index contributed by atoms with van der Waals surface area (Å²) in [5.41, 5.74) is 4.81. The van der Waals surface area contributed by atoms with Crippen molar-refractivity contribution in [3.63, 3.8) is 0 Å². The molecule has 1 aliphatic rings. The molecule has 0 bridgehead atoms. The van der Waals surface area contributed by atoms with Gasteiger partial charge in [-0.3, -0.25) is 9.10 Å². The Balaban J connectivity index is 1.81. The average molecular weight is 478 g/mol. The second kappa shape index (κ2) is 9.71. The summed E-state index contributed by atoms with van der Waals surface area (Å²) in [5, 5.41) is 0.687. The van der Waals surface area contributed by atoms with E-state index in [2.05, 4.69) is 4.90 Å². The minimum atomic E-state index is -3.65. The van der Waals surface area contributed by atoms with Gasteiger partial charge in [0.1, 0.15) is 6.04 Å². The van der Waals surface area contributed by atoms with Gasteiger partial charge in [-0.1, -0.05) is 30.7 Å². The van der Waals surface area contributed by atoms with Crippen LogP contribution in [0.25, 0.3) is 0 Å². The van der Waals surface area contributed by atoms with Crippen molar-refractivity contribution in [2.45, 2.75) is 40.2 Å². The number of rotatable bonds is 6. The van der Waals surface area contributed by atoms with Gasteiger partial charge in [0.2, 0.25) is 15.9 Å². The molecule has 0 spiro atoms. The number of carbonyl (C=O) groups is 1. The van der Waals surface area contributed by atoms with Crippen LogP contribution in [-0.2, 0) is 14.8 Å². The van der Waals surface area contributed by atoms with E-state index in [0.717, 1.165) is 28.6 Å². The third kappa shape index (κ3) is 5.21. The molecule has 0 aromatic heterocycles. The summed E-state index contributed by atoms with van der Waals surface area (Å²) >= 11 is 6.18. The number of carbonyl (C=O) groups excluding carboxylic acids is 1. The fourth-order valence-electron chi connectivity index (χ4n) is 4.21. The van der Waals surface area contributed by atoms with Crippen LogP contribution < -0.4 is 9.21 Å². The van der Waals surface area contributed by atoms with E-state index in [1.54, 1.807) is 11.0 Å². The average Bonchev–Trinajstić information content (AvgIpc) is 2.74. The number of hydrogen-bond acceptors (Lipinski definition) is 4. The van der Waals surface area contributed by atoms with Crippen molar-refractivity contribution in [1.29, 1.82) is 0 Å². The fourth-order valence-corrected chi connectivity index (χ4v) is 5.57. The lowest BCUT2D eigenvalue weighted by Crippen LogP contribution is -2.56. The standard InChI is InChI=1S/C24H32ClN3O3S/c1-6-22(28(32(5,30)31)21-10-8-17(2)19(4)15-21)24(29)27-13-11-26(12-14-27)23-16-20(25)9-7-18(23)3/h7-10,15-16,22H,6,11-14H2,1-5H3/t22-/m1/s1. The van der Waals surface area contributed by atoms with Crippen LogP contribution in [0.15, 0.2) is 36.4 Å². The molecule has 3 rings (SSSR count). The molecule has 1 amide bonds. The van der Waals surface area contributed by atoms with E-state index >= 15 is 0 Å². The zero-order valence-corrected chi connectivity index (χ0v) is 21.0. The van der Waals surface area contributed by atoms with Crippen molar-refractivity contribution in [3.8, 4) is 0 Å². The molecule has 0 saturated carbocycles. The Kier molecular flexibility index (Phi) is 7.40. The number of aryl methyl sites for hydroxylation is 3. The van der Waals surface area contributed by atoms with Gasteiger partial charge in [-0.15, -0.1) is 0 Å². The zero-order chi connectivity index (χ0) is 23.6. The van der Waals surface area contributed by atoms with Crippen molar-refractivity contribution in [2.24, 2.45) is 0 Å². The van der Waals surface area contributed by atoms with Crippen molar-refractivity contribution >= 4 is 38.9 Å². The summed E-state index contributed by atoms with van der Waals surface area (Å²) in [6.45, 7) is 10.2. The van der Waals surface area contributed by atoms with Gasteiger partial charge < -0.3 is 9.80 Å². The highest BCUT2D eigenvalue weighted by molar-refractivity contribution is 7.92. The van der Waals surface area contributed by atoms with Gasteiger partial charge in [-0.25, -0.2) is 8.42 Å². The quantitative estimate of drug-likeness (QED) is 0.626. The maximum atomic E-state index is 13.5. The topological polar surface area (TPSA) is 60.9 Å². The van der Waals surface area contributed by atoms with Gasteiger partial charge in [0, 0.05) is 36.9 Å². The molecule has 0 unspecified atom stereocenters. The van der Waals surface area contributed by atoms with Crippen LogP contribution in [0, 0.1) is 20.8 Å². The van der Waals surface area contributed by atoms with E-state index in [1.807, 2.05) is 58.0 Å². The summed E-state index contributed by atoms with van der Waals surface area (Å²) in [7, 11) is -3.65. The zero-order valence-electron chi connectivity index (χ0n) is 19.4. The second-order valence-electron chi connectivity index (χ2n) is 8.49. The predicted molar refractivity (Wildman–Crippen MR) is 132 cm³/mol. The third-order valence-electron chi connectivity index (χ3n) is 6.16. The lowest BCUT2D eigenvalue weighted by Gasteiger charge is -2.40. The lowest BCUT2D eigenvalue weighted by atomic mass is 10.1. The molecular weight excluding hydrogens is 446 g/mol. The molecule has 0 aliphatic carbocycles. The lowest BCUT2D eigenvalue weighted by molar-refractivity contribution is -0.132. The highest BCUT2D eigenvalue weighted by Gasteiger charge is 2.35. The van der Waals surface area contributed by atoms with Gasteiger partial charge in [0.25, 0.3) is 0 Å². The maximum absolute atomic E-state index is 13.5. The number of anilines is 2. The number of nitrogens with zero attached hydrogens (tertiary/aromatic N) is 3. The first-order valence-corrected chi connectivity index (χ1v) is 13.1. The van der Waals surface area contributed by atoms with Gasteiger partial charge in [-0.2, -0.15) is 0 Å². The first-order chi connectivity index (χ1) is 15.0. The first kappa shape index (κ1) is 24.4. The largest absolute Gasteiger partial charge is 0.368 e. The Labute approximate surface area is 196 Å². The predicted octanol–water partition coefficient (Wildman–Crippen LogP) is 4.16. The van der Waals surface area contributed by atoms with Gasteiger partial charge >= 0.3 is 0 Å². The molecule has 2 aromatic rings. The van der Waals surface area contributed by atoms with E-state index in [1.165, 1.54) is 4.31 Å². The summed E-state index contributed by atoms with van der Waals surface area (Å²) in [4.78, 5) is 17.5. The van der Waals surface area contributed by atoms with Crippen molar-refractivity contribution in [3.05, 3.63) is 58.1 Å². The molecular formula is C24H32ClN3O3S. The molecule has 1 saturated heterocycles. The van der Waals surface area contributed by atoms with Crippen LogP contribution in [0.4, 0.5) is 11.4 Å². The Hall–Kier alpha value is -2.25. The third-order valence-corrected chi connectivity index (χ3v) is 7.58. The Morgan fingerprint density at radius 3 is 2.19 bits per heavy atom. The molecule has 2 aromatic carbocycles. The number of amides is 1. The highest BCUT2D eigenvalue weighted by atomic mass is 35.5. The monoisotopic (exact) mass is 477 g/mol. The van der Waals surface area contributed by atoms with E-state index in [-0.39, 0.29) is 5.91 Å². The molecule has 0 N–H and O–H groups in total. The number of piperazine rings is 1. The molecule has 174 valence electrons. The van der Waals surface area contributed by atoms with E-state index in [9.17, 15) is 13.2 Å². The summed E-state index contributed by atoms with van der Waals surface area (Å²) in [5.74, 6) is -0.154. The van der Waals surface area contributed by atoms with Gasteiger partial charge in [0.05, 0.1) is 11.9 Å². The smallest absolute Gasteiger partial charge is 0.246 e. The summed E-state index contributed by atoms with van der Waals surface area (Å²) < 4.78 is 26.8. The van der Waals surface area contributed by atoms with Crippen LogP contribution in [0.1, 0.15) is 30.0 Å². The number of sulfonamides is 1. The minimum absolute atomic E-state index is 0.154. The van der Waals surface area contributed by atoms with Crippen LogP contribution in [-0.4, -0.2) is 57.7 Å². The number of hydrogen-bond donors (Lipinski definition) is 0. The van der Waals surface area contributed by atoms with Crippen molar-refractivity contribution in [2.75, 3.05) is 41.6 Å². The summed E-state index contributed by atoms with van der Waals surface area (Å²) in [6.07, 6.45) is 1.56. The van der Waals surface area contributed by atoms with Crippen molar-refractivity contribution in [1.82, 2.24) is 4.90 Å². The molecule has 1 fully saturated rings. The molecule has 1 heterocycles. The van der Waals surface area contributed by atoms with E-state index in [4.69, 9.17) is 11.6 Å². The van der Waals surface area contributed by atoms with Crippen LogP contribution in [0.5, 0.6) is 0 Å². The number of halogens is 1. The van der Waals surface area contributed by atoms with E-state index in [0.29, 0.717) is 43.3 Å².